The summed E-state index contributed by atoms with van der Waals surface area (Å²) in [6.45, 7) is 6.98. The maximum Gasteiger partial charge on any atom is 0.122 e. The highest BCUT2D eigenvalue weighted by Gasteiger charge is 2.19. The van der Waals surface area contributed by atoms with E-state index in [1.807, 2.05) is 24.1 Å². The lowest BCUT2D eigenvalue weighted by atomic mass is 10.0. The van der Waals surface area contributed by atoms with Crippen LogP contribution in [0, 0.1) is 12.8 Å². The molecule has 0 unspecified atom stereocenters. The van der Waals surface area contributed by atoms with Gasteiger partial charge in [0.1, 0.15) is 5.75 Å². The number of nitrogens with zero attached hydrogens (tertiary/aromatic N) is 2. The van der Waals surface area contributed by atoms with E-state index >= 15 is 0 Å². The van der Waals surface area contributed by atoms with Crippen molar-refractivity contribution in [3.63, 3.8) is 0 Å². The van der Waals surface area contributed by atoms with E-state index < -0.39 is 0 Å². The van der Waals surface area contributed by atoms with Crippen molar-refractivity contribution in [3.8, 4) is 5.75 Å². The zero-order chi connectivity index (χ0) is 17.1. The molecule has 1 fully saturated rings. The summed E-state index contributed by atoms with van der Waals surface area (Å²) in [5.41, 5.74) is 3.93. The molecule has 3 rings (SSSR count). The van der Waals surface area contributed by atoms with Crippen LogP contribution in [-0.4, -0.2) is 29.1 Å². The highest BCUT2D eigenvalue weighted by atomic mass is 32.2. The van der Waals surface area contributed by atoms with Crippen LogP contribution >= 0.6 is 11.9 Å². The lowest BCUT2D eigenvalue weighted by Gasteiger charge is -2.28. The van der Waals surface area contributed by atoms with Gasteiger partial charge in [-0.3, -0.25) is 0 Å². The Morgan fingerprint density at radius 1 is 1.21 bits per heavy atom. The molecule has 1 aromatic heterocycles. The molecular formula is C20H28N2OS. The smallest absolute Gasteiger partial charge is 0.122 e. The van der Waals surface area contributed by atoms with Crippen molar-refractivity contribution in [2.75, 3.05) is 20.2 Å². The summed E-state index contributed by atoms with van der Waals surface area (Å²) in [5.74, 6) is 1.84. The Hall–Kier alpha value is -1.39. The van der Waals surface area contributed by atoms with Crippen LogP contribution in [0.1, 0.15) is 36.7 Å². The van der Waals surface area contributed by atoms with Crippen LogP contribution in [0.2, 0.25) is 0 Å². The third-order valence-electron chi connectivity index (χ3n) is 5.12. The van der Waals surface area contributed by atoms with E-state index in [1.165, 1.54) is 47.8 Å². The molecular weight excluding hydrogens is 316 g/mol. The van der Waals surface area contributed by atoms with Crippen LogP contribution in [-0.2, 0) is 13.5 Å². The lowest BCUT2D eigenvalue weighted by Crippen LogP contribution is -2.27. The normalized spacial score (nSPS) is 16.5. The molecule has 1 aliphatic heterocycles. The van der Waals surface area contributed by atoms with Crippen molar-refractivity contribution in [2.24, 2.45) is 13.0 Å². The van der Waals surface area contributed by atoms with Gasteiger partial charge in [-0.1, -0.05) is 25.1 Å². The Labute approximate surface area is 150 Å². The number of hydrogen-bond acceptors (Lipinski definition) is 3. The summed E-state index contributed by atoms with van der Waals surface area (Å²) in [7, 11) is 3.91. The van der Waals surface area contributed by atoms with Gasteiger partial charge in [-0.15, -0.1) is 0 Å². The summed E-state index contributed by atoms with van der Waals surface area (Å²) < 4.78 is 10.3. The Bertz CT molecular complexity index is 687. The Balaban J connectivity index is 1.76. The zero-order valence-electron chi connectivity index (χ0n) is 15.2. The number of rotatable bonds is 5. The van der Waals surface area contributed by atoms with Crippen molar-refractivity contribution >= 4 is 11.9 Å². The Morgan fingerprint density at radius 3 is 2.62 bits per heavy atom. The number of benzene rings is 1. The molecule has 130 valence electrons. The average Bonchev–Trinajstić information content (AvgIpc) is 2.85. The average molecular weight is 345 g/mol. The number of methoxy groups -OCH3 is 1. The van der Waals surface area contributed by atoms with E-state index in [0.29, 0.717) is 0 Å². The van der Waals surface area contributed by atoms with Crippen LogP contribution in [0.25, 0.3) is 0 Å². The molecule has 0 aliphatic carbocycles. The predicted molar refractivity (Wildman–Crippen MR) is 102 cm³/mol. The molecule has 0 spiro atoms. The van der Waals surface area contributed by atoms with Gasteiger partial charge >= 0.3 is 0 Å². The Morgan fingerprint density at radius 2 is 1.92 bits per heavy atom. The summed E-state index contributed by atoms with van der Waals surface area (Å²) in [4.78, 5) is 1.39. The molecule has 0 bridgehead atoms. The second kappa shape index (κ2) is 7.66. The van der Waals surface area contributed by atoms with Crippen LogP contribution in [0.15, 0.2) is 35.2 Å². The van der Waals surface area contributed by atoms with Gasteiger partial charge in [-0.2, -0.15) is 0 Å². The fraction of sp³-hybridized carbons (Fsp3) is 0.500. The van der Waals surface area contributed by atoms with Gasteiger partial charge in [-0.05, 0) is 55.3 Å². The zero-order valence-corrected chi connectivity index (χ0v) is 16.0. The van der Waals surface area contributed by atoms with Crippen molar-refractivity contribution in [1.82, 2.24) is 8.87 Å². The number of piperidine rings is 1. The molecule has 1 aromatic carbocycles. The first kappa shape index (κ1) is 17.4. The summed E-state index contributed by atoms with van der Waals surface area (Å²) in [5, 5.41) is 0. The third-order valence-corrected chi connectivity index (χ3v) is 6.36. The van der Waals surface area contributed by atoms with Gasteiger partial charge in [0.2, 0.25) is 0 Å². The summed E-state index contributed by atoms with van der Waals surface area (Å²) in [6.07, 6.45) is 3.53. The second-order valence-electron chi connectivity index (χ2n) is 6.84. The van der Waals surface area contributed by atoms with Gasteiger partial charge in [0, 0.05) is 42.8 Å². The lowest BCUT2D eigenvalue weighted by molar-refractivity contribution is 0.308. The van der Waals surface area contributed by atoms with Crippen LogP contribution < -0.4 is 4.74 Å². The van der Waals surface area contributed by atoms with Gasteiger partial charge in [-0.25, -0.2) is 4.31 Å². The molecule has 24 heavy (non-hydrogen) atoms. The second-order valence-corrected chi connectivity index (χ2v) is 7.97. The monoisotopic (exact) mass is 344 g/mol. The molecule has 2 heterocycles. The van der Waals surface area contributed by atoms with Gasteiger partial charge < -0.3 is 9.30 Å². The van der Waals surface area contributed by atoms with Crippen molar-refractivity contribution < 1.29 is 4.74 Å². The van der Waals surface area contributed by atoms with Crippen molar-refractivity contribution in [3.05, 3.63) is 47.3 Å². The maximum absolute atomic E-state index is 5.50. The highest BCUT2D eigenvalue weighted by molar-refractivity contribution is 7.97. The van der Waals surface area contributed by atoms with Gasteiger partial charge in [0.05, 0.1) is 7.11 Å². The molecule has 0 radical (unpaired) electrons. The quantitative estimate of drug-likeness (QED) is 0.734. The molecule has 3 nitrogen and oxygen atoms in total. The van der Waals surface area contributed by atoms with E-state index in [2.05, 4.69) is 48.0 Å². The van der Waals surface area contributed by atoms with Crippen LogP contribution in [0.5, 0.6) is 5.75 Å². The van der Waals surface area contributed by atoms with E-state index in [9.17, 15) is 0 Å². The molecule has 0 saturated carbocycles. The van der Waals surface area contributed by atoms with Gasteiger partial charge in [0.25, 0.3) is 0 Å². The summed E-state index contributed by atoms with van der Waals surface area (Å²) >= 11 is 1.93. The summed E-state index contributed by atoms with van der Waals surface area (Å²) in [6, 6.07) is 10.6. The first-order valence-corrected chi connectivity index (χ1v) is 9.56. The van der Waals surface area contributed by atoms with Crippen molar-refractivity contribution in [2.45, 2.75) is 38.0 Å². The minimum Gasteiger partial charge on any atom is -0.496 e. The standard InChI is InChI=1S/C20H28N2OS/c1-15-9-11-22(12-10-15)24-20-14-18(21(3)16(20)2)13-17-7-5-6-8-19(17)23-4/h5-8,14-15H,9-13H2,1-4H3. The predicted octanol–water partition coefficient (Wildman–Crippen LogP) is 4.67. The molecule has 1 saturated heterocycles. The SMILES string of the molecule is COc1ccccc1Cc1cc(SN2CCC(C)CC2)c(C)n1C. The molecule has 2 aromatic rings. The molecule has 0 amide bonds. The topological polar surface area (TPSA) is 17.4 Å². The van der Waals surface area contributed by atoms with E-state index in [-0.39, 0.29) is 0 Å². The van der Waals surface area contributed by atoms with Gasteiger partial charge in [0.15, 0.2) is 0 Å². The molecule has 4 heteroatoms. The number of aromatic nitrogens is 1. The minimum absolute atomic E-state index is 0.875. The van der Waals surface area contributed by atoms with Crippen molar-refractivity contribution in [1.29, 1.82) is 0 Å². The van der Waals surface area contributed by atoms with E-state index in [1.54, 1.807) is 7.11 Å². The number of hydrogen-bond donors (Lipinski definition) is 0. The largest absolute Gasteiger partial charge is 0.496 e. The third kappa shape index (κ3) is 3.81. The van der Waals surface area contributed by atoms with E-state index in [0.717, 1.165) is 18.1 Å². The molecule has 0 N–H and O–H groups in total. The first-order valence-electron chi connectivity index (χ1n) is 8.78. The van der Waals surface area contributed by atoms with Crippen LogP contribution in [0.4, 0.5) is 0 Å². The minimum atomic E-state index is 0.875. The van der Waals surface area contributed by atoms with Crippen LogP contribution in [0.3, 0.4) is 0 Å². The Kier molecular flexibility index (Phi) is 5.57. The fourth-order valence-corrected chi connectivity index (χ4v) is 4.38. The molecule has 0 atom stereocenters. The van der Waals surface area contributed by atoms with E-state index in [4.69, 9.17) is 4.74 Å². The first-order chi connectivity index (χ1) is 11.6. The maximum atomic E-state index is 5.50. The number of para-hydroxylation sites is 1. The molecule has 1 aliphatic rings. The fourth-order valence-electron chi connectivity index (χ4n) is 3.25. The highest BCUT2D eigenvalue weighted by Crippen LogP contribution is 2.33. The number of ether oxygens (including phenoxy) is 1.